The van der Waals surface area contributed by atoms with Gasteiger partial charge in [-0.05, 0) is 48.9 Å². The standard InChI is InChI=1S/C24H25F2N9/c1-33-21(12-31-32-33)14-2-4-34(5-3-14)22-13-28-23(17-10-29-24(27)30-11-17)35(22)18-6-15-8-19(25)20(26)9-16(15)7-18/h8-14,18H,2-7H2,1H3,(H2,27,29,30). The molecule has 3 aromatic heterocycles. The number of benzene rings is 1. The number of piperidine rings is 1. The smallest absolute Gasteiger partial charge is 0.219 e. The number of rotatable bonds is 4. The van der Waals surface area contributed by atoms with E-state index in [1.165, 1.54) is 12.1 Å². The molecule has 11 heteroatoms. The van der Waals surface area contributed by atoms with Crippen LogP contribution in [0.1, 0.15) is 41.6 Å². The molecule has 1 fully saturated rings. The molecule has 0 spiro atoms. The number of nitrogens with two attached hydrogens (primary N) is 1. The summed E-state index contributed by atoms with van der Waals surface area (Å²) in [5.41, 5.74) is 9.25. The fourth-order valence-corrected chi connectivity index (χ4v) is 5.46. The highest BCUT2D eigenvalue weighted by atomic mass is 19.2. The van der Waals surface area contributed by atoms with Gasteiger partial charge in [-0.3, -0.25) is 4.68 Å². The molecule has 2 aliphatic rings. The van der Waals surface area contributed by atoms with Gasteiger partial charge >= 0.3 is 0 Å². The topological polar surface area (TPSA) is 104 Å². The summed E-state index contributed by atoms with van der Waals surface area (Å²) in [7, 11) is 1.92. The van der Waals surface area contributed by atoms with E-state index in [1.54, 1.807) is 12.4 Å². The minimum atomic E-state index is -0.811. The minimum Gasteiger partial charge on any atom is -0.368 e. The molecule has 9 nitrogen and oxygen atoms in total. The summed E-state index contributed by atoms with van der Waals surface area (Å²) < 4.78 is 31.9. The third kappa shape index (κ3) is 3.80. The van der Waals surface area contributed by atoms with Crippen LogP contribution < -0.4 is 10.6 Å². The van der Waals surface area contributed by atoms with Crippen LogP contribution in [0.25, 0.3) is 11.4 Å². The molecule has 0 saturated carbocycles. The molecule has 0 atom stereocenters. The summed E-state index contributed by atoms with van der Waals surface area (Å²) in [5, 5.41) is 8.10. The maximum atomic E-state index is 13.9. The monoisotopic (exact) mass is 477 g/mol. The van der Waals surface area contributed by atoms with Gasteiger partial charge in [-0.15, -0.1) is 5.10 Å². The van der Waals surface area contributed by atoms with E-state index in [-0.39, 0.29) is 12.0 Å². The average Bonchev–Trinajstić information content (AvgIpc) is 3.58. The van der Waals surface area contributed by atoms with E-state index < -0.39 is 11.6 Å². The first-order valence-electron chi connectivity index (χ1n) is 11.7. The van der Waals surface area contributed by atoms with E-state index in [4.69, 9.17) is 10.7 Å². The quantitative estimate of drug-likeness (QED) is 0.482. The third-order valence-electron chi connectivity index (χ3n) is 7.21. The number of anilines is 2. The normalized spacial score (nSPS) is 16.7. The molecule has 1 saturated heterocycles. The van der Waals surface area contributed by atoms with Crippen molar-refractivity contribution in [3.05, 3.63) is 65.4 Å². The van der Waals surface area contributed by atoms with Crippen molar-refractivity contribution in [2.24, 2.45) is 7.05 Å². The first kappa shape index (κ1) is 21.6. The van der Waals surface area contributed by atoms with E-state index in [9.17, 15) is 8.78 Å². The van der Waals surface area contributed by atoms with Gasteiger partial charge in [0.05, 0.1) is 23.7 Å². The van der Waals surface area contributed by atoms with Crippen molar-refractivity contribution >= 4 is 11.8 Å². The Bertz CT molecular complexity index is 1340. The number of imidazole rings is 1. The average molecular weight is 478 g/mol. The lowest BCUT2D eigenvalue weighted by molar-refractivity contribution is 0.460. The summed E-state index contributed by atoms with van der Waals surface area (Å²) in [5.74, 6) is 0.671. The van der Waals surface area contributed by atoms with E-state index in [2.05, 4.69) is 29.7 Å². The molecular weight excluding hydrogens is 452 g/mol. The first-order valence-corrected chi connectivity index (χ1v) is 11.7. The molecular formula is C24H25F2N9. The second-order valence-electron chi connectivity index (χ2n) is 9.28. The molecule has 180 valence electrons. The highest BCUT2D eigenvalue weighted by Crippen LogP contribution is 2.39. The number of nitrogens with zero attached hydrogens (tertiary/aromatic N) is 8. The van der Waals surface area contributed by atoms with Crippen LogP contribution in [0.3, 0.4) is 0 Å². The summed E-state index contributed by atoms with van der Waals surface area (Å²) in [4.78, 5) is 15.4. The Labute approximate surface area is 200 Å². The van der Waals surface area contributed by atoms with E-state index in [0.717, 1.165) is 60.0 Å². The van der Waals surface area contributed by atoms with Crippen LogP contribution in [0, 0.1) is 11.6 Å². The van der Waals surface area contributed by atoms with Gasteiger partial charge in [-0.1, -0.05) is 5.21 Å². The van der Waals surface area contributed by atoms with Gasteiger partial charge in [0.1, 0.15) is 11.6 Å². The predicted molar refractivity (Wildman–Crippen MR) is 126 cm³/mol. The van der Waals surface area contributed by atoms with Crippen molar-refractivity contribution in [3.8, 4) is 11.4 Å². The van der Waals surface area contributed by atoms with Crippen molar-refractivity contribution < 1.29 is 8.78 Å². The number of nitrogen functional groups attached to an aromatic ring is 1. The molecule has 0 radical (unpaired) electrons. The number of halogens is 2. The van der Waals surface area contributed by atoms with Crippen LogP contribution in [-0.2, 0) is 19.9 Å². The number of aromatic nitrogens is 7. The molecule has 2 N–H and O–H groups in total. The molecule has 0 unspecified atom stereocenters. The van der Waals surface area contributed by atoms with Crippen molar-refractivity contribution in [1.29, 1.82) is 0 Å². The molecule has 4 heterocycles. The molecule has 6 rings (SSSR count). The highest BCUT2D eigenvalue weighted by Gasteiger charge is 2.32. The largest absolute Gasteiger partial charge is 0.368 e. The van der Waals surface area contributed by atoms with Crippen molar-refractivity contribution in [1.82, 2.24) is 34.5 Å². The maximum absolute atomic E-state index is 13.9. The van der Waals surface area contributed by atoms with E-state index >= 15 is 0 Å². The summed E-state index contributed by atoms with van der Waals surface area (Å²) >= 11 is 0. The first-order chi connectivity index (χ1) is 17.0. The van der Waals surface area contributed by atoms with Crippen LogP contribution in [0.5, 0.6) is 0 Å². The second kappa shape index (κ2) is 8.40. The Morgan fingerprint density at radius 1 is 0.914 bits per heavy atom. The number of hydrogen-bond acceptors (Lipinski definition) is 7. The molecule has 0 bridgehead atoms. The van der Waals surface area contributed by atoms with Gasteiger partial charge in [0, 0.05) is 44.5 Å². The zero-order chi connectivity index (χ0) is 24.1. The second-order valence-corrected chi connectivity index (χ2v) is 9.28. The van der Waals surface area contributed by atoms with E-state index in [1.807, 2.05) is 24.1 Å². The van der Waals surface area contributed by atoms with Gasteiger partial charge in [0.15, 0.2) is 11.6 Å². The SMILES string of the molecule is Cn1nncc1C1CCN(c2cnc(-c3cnc(N)nc3)n2C2Cc3cc(F)c(F)cc3C2)CC1. The van der Waals surface area contributed by atoms with Crippen molar-refractivity contribution in [2.45, 2.75) is 37.6 Å². The Kier molecular flexibility index (Phi) is 5.19. The molecule has 35 heavy (non-hydrogen) atoms. The zero-order valence-electron chi connectivity index (χ0n) is 19.3. The molecule has 1 aromatic carbocycles. The van der Waals surface area contributed by atoms with Gasteiger partial charge in [-0.2, -0.15) is 0 Å². The number of fused-ring (bicyclic) bond motifs is 1. The molecule has 1 aliphatic carbocycles. The zero-order valence-corrected chi connectivity index (χ0v) is 19.3. The predicted octanol–water partition coefficient (Wildman–Crippen LogP) is 3.05. The van der Waals surface area contributed by atoms with Crippen molar-refractivity contribution in [2.75, 3.05) is 23.7 Å². The van der Waals surface area contributed by atoms with Gasteiger partial charge < -0.3 is 15.2 Å². The summed E-state index contributed by atoms with van der Waals surface area (Å²) in [6.07, 6.45) is 10.2. The summed E-state index contributed by atoms with van der Waals surface area (Å²) in [6.45, 7) is 1.70. The minimum absolute atomic E-state index is 0.0322. The van der Waals surface area contributed by atoms with Gasteiger partial charge in [0.2, 0.25) is 5.95 Å². The van der Waals surface area contributed by atoms with Crippen LogP contribution in [0.4, 0.5) is 20.5 Å². The van der Waals surface area contributed by atoms with Crippen LogP contribution >= 0.6 is 0 Å². The Hall–Kier alpha value is -3.89. The van der Waals surface area contributed by atoms with Crippen LogP contribution in [-0.4, -0.2) is 47.6 Å². The fraction of sp³-hybridized carbons (Fsp3) is 0.375. The van der Waals surface area contributed by atoms with Crippen molar-refractivity contribution in [3.63, 3.8) is 0 Å². The van der Waals surface area contributed by atoms with Gasteiger partial charge in [0.25, 0.3) is 0 Å². The highest BCUT2D eigenvalue weighted by molar-refractivity contribution is 5.59. The Morgan fingerprint density at radius 2 is 1.57 bits per heavy atom. The van der Waals surface area contributed by atoms with E-state index in [0.29, 0.717) is 18.8 Å². The lowest BCUT2D eigenvalue weighted by atomic mass is 9.94. The maximum Gasteiger partial charge on any atom is 0.219 e. The lowest BCUT2D eigenvalue weighted by Gasteiger charge is -2.34. The number of aryl methyl sites for hydroxylation is 1. The summed E-state index contributed by atoms with van der Waals surface area (Å²) in [6, 6.07) is 2.61. The third-order valence-corrected chi connectivity index (χ3v) is 7.21. The Morgan fingerprint density at radius 3 is 2.17 bits per heavy atom. The fourth-order valence-electron chi connectivity index (χ4n) is 5.46. The number of hydrogen-bond donors (Lipinski definition) is 1. The van der Waals surface area contributed by atoms with Crippen LogP contribution in [0.15, 0.2) is 36.9 Å². The lowest BCUT2D eigenvalue weighted by Crippen LogP contribution is -2.35. The van der Waals surface area contributed by atoms with Crippen LogP contribution in [0.2, 0.25) is 0 Å². The molecule has 0 amide bonds. The van der Waals surface area contributed by atoms with Gasteiger partial charge in [-0.25, -0.2) is 23.7 Å². The Balaban J connectivity index is 1.34. The molecule has 4 aromatic rings. The molecule has 1 aliphatic heterocycles.